The Morgan fingerprint density at radius 2 is 0.930 bits per heavy atom. The largest absolute Gasteiger partial charge is 2.00 e. The van der Waals surface area contributed by atoms with Crippen LogP contribution < -0.4 is 14.6 Å². The van der Waals surface area contributed by atoms with E-state index in [-0.39, 0.29) is 59.9 Å². The SMILES string of the molecule is CCCCCCCCCCc1cc(S(=O)(=O)O)cc(O)c1Oc1ccccc1.CCCCCCCCCCc1cc(S(=O)(=O)[O-])cc([O-])c1Oc1ccccc1.[Ca+2]. The van der Waals surface area contributed by atoms with Crippen LogP contribution in [0.15, 0.2) is 94.7 Å². The molecule has 308 valence electrons. The minimum absolute atomic E-state index is 0. The molecule has 57 heavy (non-hydrogen) atoms. The van der Waals surface area contributed by atoms with Crippen molar-refractivity contribution < 1.29 is 45.6 Å². The van der Waals surface area contributed by atoms with Gasteiger partial charge in [0.05, 0.1) is 9.79 Å². The third-order valence-corrected chi connectivity index (χ3v) is 11.0. The van der Waals surface area contributed by atoms with Crippen molar-refractivity contribution in [3.05, 3.63) is 96.1 Å². The Bertz CT molecular complexity index is 1810. The quantitative estimate of drug-likeness (QED) is 0.0392. The molecule has 0 bridgehead atoms. The van der Waals surface area contributed by atoms with Gasteiger partial charge >= 0.3 is 37.7 Å². The van der Waals surface area contributed by atoms with E-state index in [1.807, 2.05) is 24.3 Å². The zero-order valence-corrected chi connectivity index (χ0v) is 37.3. The first-order valence-electron chi connectivity index (χ1n) is 19.9. The van der Waals surface area contributed by atoms with Crippen LogP contribution in [0.5, 0.6) is 34.5 Å². The molecule has 0 aromatic heterocycles. The van der Waals surface area contributed by atoms with E-state index >= 15 is 0 Å². The second-order valence-electron chi connectivity index (χ2n) is 14.0. The van der Waals surface area contributed by atoms with Gasteiger partial charge in [-0.2, -0.15) is 8.42 Å². The first-order valence-corrected chi connectivity index (χ1v) is 22.8. The van der Waals surface area contributed by atoms with E-state index in [2.05, 4.69) is 13.8 Å². The van der Waals surface area contributed by atoms with Crippen LogP contribution in [-0.2, 0) is 33.1 Å². The van der Waals surface area contributed by atoms with Gasteiger partial charge in [-0.05, 0) is 73.7 Å². The molecule has 2 N–H and O–H groups in total. The van der Waals surface area contributed by atoms with E-state index in [1.165, 1.54) is 76.3 Å². The van der Waals surface area contributed by atoms with Crippen molar-refractivity contribution in [2.75, 3.05) is 0 Å². The molecule has 0 saturated heterocycles. The summed E-state index contributed by atoms with van der Waals surface area (Å²) >= 11 is 0. The Balaban J connectivity index is 0.000000387. The molecule has 4 rings (SSSR count). The maximum atomic E-state index is 12.4. The first kappa shape index (κ1) is 50.3. The molecule has 0 spiro atoms. The summed E-state index contributed by atoms with van der Waals surface area (Å²) in [5, 5.41) is 22.7. The van der Waals surface area contributed by atoms with Crippen LogP contribution in [-0.4, -0.2) is 68.8 Å². The fraction of sp³-hybridized carbons (Fsp3) is 0.455. The average Bonchev–Trinajstić information content (AvgIpc) is 3.16. The van der Waals surface area contributed by atoms with E-state index in [4.69, 9.17) is 9.47 Å². The molecule has 4 aromatic rings. The summed E-state index contributed by atoms with van der Waals surface area (Å²) in [4.78, 5) is -0.813. The van der Waals surface area contributed by atoms with Gasteiger partial charge in [-0.15, -0.1) is 0 Å². The van der Waals surface area contributed by atoms with Crippen LogP contribution >= 0.6 is 0 Å². The topological polar surface area (TPSA) is 173 Å². The zero-order chi connectivity index (χ0) is 40.8. The Morgan fingerprint density at radius 1 is 0.544 bits per heavy atom. The summed E-state index contributed by atoms with van der Waals surface area (Å²) in [6.07, 6.45) is 19.3. The van der Waals surface area contributed by atoms with Crippen molar-refractivity contribution in [3.8, 4) is 34.5 Å². The molecule has 0 amide bonds. The number of ether oxygens (including phenoxy) is 2. The second-order valence-corrected chi connectivity index (χ2v) is 16.9. The Kier molecular flexibility index (Phi) is 23.8. The monoisotopic (exact) mass is 850 g/mol. The molecular formula is C44H58CaO10S2. The average molecular weight is 851 g/mol. The second kappa shape index (κ2) is 27.0. The van der Waals surface area contributed by atoms with E-state index < -0.39 is 30.9 Å². The van der Waals surface area contributed by atoms with Gasteiger partial charge in [0.2, 0.25) is 0 Å². The summed E-state index contributed by atoms with van der Waals surface area (Å²) in [6.45, 7) is 4.39. The van der Waals surface area contributed by atoms with Gasteiger partial charge in [-0.25, -0.2) is 8.42 Å². The van der Waals surface area contributed by atoms with Gasteiger partial charge < -0.3 is 24.2 Å². The number of aromatic hydroxyl groups is 1. The molecule has 13 heteroatoms. The van der Waals surface area contributed by atoms with E-state index in [1.54, 1.807) is 36.4 Å². The van der Waals surface area contributed by atoms with Crippen molar-refractivity contribution in [1.29, 1.82) is 0 Å². The smallest absolute Gasteiger partial charge is 0.870 e. The van der Waals surface area contributed by atoms with Crippen molar-refractivity contribution in [2.24, 2.45) is 0 Å². The Morgan fingerprint density at radius 3 is 1.35 bits per heavy atom. The number of hydrogen-bond acceptors (Lipinski definition) is 9. The normalized spacial score (nSPS) is 11.3. The molecular weight excluding hydrogens is 793 g/mol. The minimum Gasteiger partial charge on any atom is -0.870 e. The van der Waals surface area contributed by atoms with Crippen LogP contribution in [0.4, 0.5) is 0 Å². The maximum Gasteiger partial charge on any atom is 2.00 e. The number of unbranched alkanes of at least 4 members (excludes halogenated alkanes) is 14. The molecule has 4 aromatic carbocycles. The standard InChI is InChI=1S/2C22H30O5S.Ca/c2*1-2-3-4-5-6-7-8-10-13-18-16-20(28(24,25)26)17-21(23)22(18)27-19-14-11-9-12-15-19;/h2*9,11-12,14-17,23H,2-8,10,13H2,1H3,(H,24,25,26);/q;;+2/p-2. The van der Waals surface area contributed by atoms with Gasteiger partial charge in [0.25, 0.3) is 10.1 Å². The number of aryl methyl sites for hydroxylation is 2. The number of para-hydroxylation sites is 2. The predicted octanol–water partition coefficient (Wildman–Crippen LogP) is 10.9. The van der Waals surface area contributed by atoms with Gasteiger partial charge in [-0.1, -0.05) is 146 Å². The molecule has 0 radical (unpaired) electrons. The number of phenolic OH excluding ortho intramolecular Hbond substituents is 1. The molecule has 0 aliphatic rings. The summed E-state index contributed by atoms with van der Waals surface area (Å²) in [5.74, 6) is 0.496. The molecule has 0 heterocycles. The summed E-state index contributed by atoms with van der Waals surface area (Å²) in [7, 11) is -9.09. The molecule has 0 unspecified atom stereocenters. The van der Waals surface area contributed by atoms with Gasteiger partial charge in [0.15, 0.2) is 11.5 Å². The van der Waals surface area contributed by atoms with Crippen molar-refractivity contribution in [1.82, 2.24) is 0 Å². The molecule has 0 aliphatic carbocycles. The number of phenols is 1. The third kappa shape index (κ3) is 19.2. The summed E-state index contributed by atoms with van der Waals surface area (Å²) < 4.78 is 78.0. The molecule has 0 fully saturated rings. The summed E-state index contributed by atoms with van der Waals surface area (Å²) in [6, 6.07) is 22.4. The predicted molar refractivity (Wildman–Crippen MR) is 223 cm³/mol. The van der Waals surface area contributed by atoms with Crippen LogP contribution in [0.1, 0.15) is 128 Å². The molecule has 0 saturated carbocycles. The number of benzene rings is 4. The van der Waals surface area contributed by atoms with Gasteiger partial charge in [0, 0.05) is 11.6 Å². The van der Waals surface area contributed by atoms with Crippen LogP contribution in [0.3, 0.4) is 0 Å². The van der Waals surface area contributed by atoms with Crippen LogP contribution in [0.25, 0.3) is 0 Å². The number of hydrogen-bond donors (Lipinski definition) is 2. The minimum atomic E-state index is -4.69. The molecule has 10 nitrogen and oxygen atoms in total. The van der Waals surface area contributed by atoms with Crippen molar-refractivity contribution in [3.63, 3.8) is 0 Å². The van der Waals surface area contributed by atoms with Crippen LogP contribution in [0.2, 0.25) is 0 Å². The molecule has 0 atom stereocenters. The van der Waals surface area contributed by atoms with E-state index in [9.17, 15) is 36.2 Å². The maximum absolute atomic E-state index is 12.4. The zero-order valence-electron chi connectivity index (χ0n) is 33.5. The number of rotatable bonds is 24. The van der Waals surface area contributed by atoms with Crippen molar-refractivity contribution in [2.45, 2.75) is 139 Å². The van der Waals surface area contributed by atoms with E-state index in [0.717, 1.165) is 50.7 Å². The Hall–Kier alpha value is -2.84. The molecule has 0 aliphatic heterocycles. The summed E-state index contributed by atoms with van der Waals surface area (Å²) in [5.41, 5.74) is 1.04. The van der Waals surface area contributed by atoms with Crippen molar-refractivity contribution >= 4 is 58.0 Å². The van der Waals surface area contributed by atoms with Gasteiger partial charge in [0.1, 0.15) is 27.4 Å². The Labute approximate surface area is 370 Å². The fourth-order valence-electron chi connectivity index (χ4n) is 6.29. The third-order valence-electron chi connectivity index (χ3n) is 9.34. The van der Waals surface area contributed by atoms with Crippen LogP contribution in [0, 0.1) is 0 Å². The van der Waals surface area contributed by atoms with E-state index in [0.29, 0.717) is 35.5 Å². The van der Waals surface area contributed by atoms with Gasteiger partial charge in [-0.3, -0.25) is 4.55 Å². The first-order chi connectivity index (χ1) is 26.8. The fourth-order valence-corrected chi connectivity index (χ4v) is 7.38.